The highest BCUT2D eigenvalue weighted by molar-refractivity contribution is 5.76. The number of hydrogen-bond acceptors (Lipinski definition) is 5. The van der Waals surface area contributed by atoms with Crippen molar-refractivity contribution in [3.63, 3.8) is 0 Å². The van der Waals surface area contributed by atoms with Crippen molar-refractivity contribution in [3.8, 4) is 0 Å². The first kappa shape index (κ1) is 21.4. The summed E-state index contributed by atoms with van der Waals surface area (Å²) in [6.07, 6.45) is 1.23. The molecule has 1 rings (SSSR count). The Kier molecular flexibility index (Phi) is 10.1. The lowest BCUT2D eigenvalue weighted by atomic mass is 9.89. The molecule has 140 valence electrons. The van der Waals surface area contributed by atoms with Gasteiger partial charge in [-0.25, -0.2) is 9.78 Å². The fourth-order valence-electron chi connectivity index (χ4n) is 1.93. The van der Waals surface area contributed by atoms with Gasteiger partial charge in [-0.15, -0.1) is 0 Å². The molecule has 0 aromatic heterocycles. The predicted molar refractivity (Wildman–Crippen MR) is 96.8 cm³/mol. The van der Waals surface area contributed by atoms with Crippen LogP contribution in [0.25, 0.3) is 0 Å². The standard InChI is InChI=1S/C20H30O5/c1-5-20(4,16-22-15-18-10-7-6-8-11-18)19(21)23-12-9-13-24-25-14-17(2)3/h6-8,10-11H,2,5,9,12-16H2,1,3-4H3. The Hall–Kier alpha value is -1.69. The van der Waals surface area contributed by atoms with Gasteiger partial charge in [-0.1, -0.05) is 49.4 Å². The minimum absolute atomic E-state index is 0.245. The van der Waals surface area contributed by atoms with Gasteiger partial charge in [-0.3, -0.25) is 4.79 Å². The maximum atomic E-state index is 12.3. The number of carbonyl (C=O) groups excluding carboxylic acids is 1. The van der Waals surface area contributed by atoms with Crippen LogP contribution in [0, 0.1) is 5.41 Å². The third kappa shape index (κ3) is 8.82. The summed E-state index contributed by atoms with van der Waals surface area (Å²) in [6.45, 7) is 11.2. The van der Waals surface area contributed by atoms with Crippen LogP contribution < -0.4 is 0 Å². The van der Waals surface area contributed by atoms with Crippen LogP contribution in [0.3, 0.4) is 0 Å². The molecule has 0 heterocycles. The van der Waals surface area contributed by atoms with Gasteiger partial charge in [-0.05, 0) is 25.8 Å². The summed E-state index contributed by atoms with van der Waals surface area (Å²) in [5.74, 6) is -0.245. The number of benzene rings is 1. The van der Waals surface area contributed by atoms with Crippen molar-refractivity contribution in [2.45, 2.75) is 40.2 Å². The van der Waals surface area contributed by atoms with E-state index in [1.165, 1.54) is 0 Å². The lowest BCUT2D eigenvalue weighted by molar-refractivity contribution is -0.289. The Balaban J connectivity index is 2.23. The first-order valence-electron chi connectivity index (χ1n) is 8.65. The topological polar surface area (TPSA) is 54.0 Å². The molecule has 0 radical (unpaired) electrons. The van der Waals surface area contributed by atoms with Crippen molar-refractivity contribution in [2.24, 2.45) is 5.41 Å². The summed E-state index contributed by atoms with van der Waals surface area (Å²) >= 11 is 0. The molecule has 0 saturated heterocycles. The van der Waals surface area contributed by atoms with Crippen molar-refractivity contribution < 1.29 is 24.0 Å². The molecule has 0 aliphatic rings. The molecule has 25 heavy (non-hydrogen) atoms. The quantitative estimate of drug-likeness (QED) is 0.176. The lowest BCUT2D eigenvalue weighted by Gasteiger charge is -2.25. The Morgan fingerprint density at radius 3 is 2.52 bits per heavy atom. The van der Waals surface area contributed by atoms with E-state index in [0.29, 0.717) is 45.9 Å². The van der Waals surface area contributed by atoms with Crippen molar-refractivity contribution in [3.05, 3.63) is 48.0 Å². The Bertz CT molecular complexity index is 514. The van der Waals surface area contributed by atoms with E-state index in [9.17, 15) is 4.79 Å². The van der Waals surface area contributed by atoms with Gasteiger partial charge >= 0.3 is 5.97 Å². The third-order valence-corrected chi connectivity index (χ3v) is 3.80. The van der Waals surface area contributed by atoms with E-state index in [1.54, 1.807) is 0 Å². The predicted octanol–water partition coefficient (Wildman–Crippen LogP) is 4.08. The van der Waals surface area contributed by atoms with Gasteiger partial charge in [0.1, 0.15) is 6.61 Å². The van der Waals surface area contributed by atoms with E-state index in [4.69, 9.17) is 19.2 Å². The summed E-state index contributed by atoms with van der Waals surface area (Å²) in [5, 5.41) is 0. The van der Waals surface area contributed by atoms with E-state index >= 15 is 0 Å². The zero-order valence-corrected chi connectivity index (χ0v) is 15.6. The molecule has 5 nitrogen and oxygen atoms in total. The molecule has 0 aliphatic heterocycles. The molecular formula is C20H30O5. The van der Waals surface area contributed by atoms with Gasteiger partial charge in [0, 0.05) is 6.42 Å². The Morgan fingerprint density at radius 2 is 1.88 bits per heavy atom. The lowest BCUT2D eigenvalue weighted by Crippen LogP contribution is -2.34. The molecule has 1 atom stereocenters. The SMILES string of the molecule is C=C(C)COOCCCOC(=O)C(C)(CC)COCc1ccccc1. The first-order chi connectivity index (χ1) is 12.0. The van der Waals surface area contributed by atoms with Crippen molar-refractivity contribution >= 4 is 5.97 Å². The van der Waals surface area contributed by atoms with Crippen LogP contribution in [0.1, 0.15) is 39.2 Å². The van der Waals surface area contributed by atoms with Crippen LogP contribution in [0.2, 0.25) is 0 Å². The molecule has 0 aliphatic carbocycles. The molecule has 5 heteroatoms. The minimum Gasteiger partial charge on any atom is -0.465 e. The minimum atomic E-state index is -0.647. The van der Waals surface area contributed by atoms with Gasteiger partial charge in [-0.2, -0.15) is 0 Å². The number of hydrogen-bond donors (Lipinski definition) is 0. The van der Waals surface area contributed by atoms with Crippen LogP contribution >= 0.6 is 0 Å². The highest BCUT2D eigenvalue weighted by Crippen LogP contribution is 2.24. The monoisotopic (exact) mass is 350 g/mol. The second kappa shape index (κ2) is 11.8. The Labute approximate surface area is 150 Å². The molecule has 1 unspecified atom stereocenters. The van der Waals surface area contributed by atoms with Gasteiger partial charge < -0.3 is 9.47 Å². The number of ether oxygens (including phenoxy) is 2. The van der Waals surface area contributed by atoms with Gasteiger partial charge in [0.2, 0.25) is 0 Å². The molecule has 0 fully saturated rings. The molecule has 0 amide bonds. The van der Waals surface area contributed by atoms with Gasteiger partial charge in [0.15, 0.2) is 0 Å². The van der Waals surface area contributed by atoms with Crippen molar-refractivity contribution in [1.29, 1.82) is 0 Å². The van der Waals surface area contributed by atoms with Gasteiger partial charge in [0.05, 0.1) is 31.8 Å². The summed E-state index contributed by atoms with van der Waals surface area (Å²) < 4.78 is 11.1. The van der Waals surface area contributed by atoms with E-state index in [0.717, 1.165) is 11.1 Å². The van der Waals surface area contributed by atoms with Crippen LogP contribution in [-0.4, -0.2) is 32.4 Å². The summed E-state index contributed by atoms with van der Waals surface area (Å²) in [7, 11) is 0. The maximum Gasteiger partial charge on any atom is 0.314 e. The maximum absolute atomic E-state index is 12.3. The smallest absolute Gasteiger partial charge is 0.314 e. The van der Waals surface area contributed by atoms with E-state index in [2.05, 4.69) is 6.58 Å². The molecule has 0 spiro atoms. The summed E-state index contributed by atoms with van der Waals surface area (Å²) in [5.41, 5.74) is 1.33. The first-order valence-corrected chi connectivity index (χ1v) is 8.65. The number of rotatable bonds is 13. The van der Waals surface area contributed by atoms with Crippen LogP contribution in [0.15, 0.2) is 42.5 Å². The van der Waals surface area contributed by atoms with Crippen LogP contribution in [0.4, 0.5) is 0 Å². The second-order valence-corrected chi connectivity index (χ2v) is 6.42. The highest BCUT2D eigenvalue weighted by Gasteiger charge is 2.33. The average molecular weight is 350 g/mol. The second-order valence-electron chi connectivity index (χ2n) is 6.42. The van der Waals surface area contributed by atoms with Gasteiger partial charge in [0.25, 0.3) is 0 Å². The summed E-state index contributed by atoms with van der Waals surface area (Å²) in [6, 6.07) is 9.89. The molecule has 1 aromatic carbocycles. The number of carbonyl (C=O) groups is 1. The third-order valence-electron chi connectivity index (χ3n) is 3.80. The highest BCUT2D eigenvalue weighted by atomic mass is 17.2. The molecule has 0 N–H and O–H groups in total. The fraction of sp³-hybridized carbons (Fsp3) is 0.550. The average Bonchev–Trinajstić information content (AvgIpc) is 2.61. The van der Waals surface area contributed by atoms with Crippen molar-refractivity contribution in [2.75, 3.05) is 26.4 Å². The Morgan fingerprint density at radius 1 is 1.16 bits per heavy atom. The zero-order chi connectivity index (χ0) is 18.5. The normalized spacial score (nSPS) is 13.2. The van der Waals surface area contributed by atoms with Crippen LogP contribution in [-0.2, 0) is 30.7 Å². The molecule has 0 saturated carbocycles. The summed E-state index contributed by atoms with van der Waals surface area (Å²) in [4.78, 5) is 22.2. The van der Waals surface area contributed by atoms with E-state index < -0.39 is 5.41 Å². The van der Waals surface area contributed by atoms with Crippen molar-refractivity contribution in [1.82, 2.24) is 0 Å². The van der Waals surface area contributed by atoms with E-state index in [1.807, 2.05) is 51.1 Å². The zero-order valence-electron chi connectivity index (χ0n) is 15.6. The fourth-order valence-corrected chi connectivity index (χ4v) is 1.93. The number of esters is 1. The molecular weight excluding hydrogens is 320 g/mol. The largest absolute Gasteiger partial charge is 0.465 e. The van der Waals surface area contributed by atoms with Crippen LogP contribution in [0.5, 0.6) is 0 Å². The van der Waals surface area contributed by atoms with E-state index in [-0.39, 0.29) is 5.97 Å². The molecule has 1 aromatic rings. The molecule has 0 bridgehead atoms.